The fourth-order valence-corrected chi connectivity index (χ4v) is 2.71. The molecule has 102 valence electrons. The van der Waals surface area contributed by atoms with E-state index in [1.807, 2.05) is 41.6 Å². The third-order valence-corrected chi connectivity index (χ3v) is 4.37. The molecule has 0 saturated heterocycles. The first-order chi connectivity index (χ1) is 9.47. The molecule has 0 spiro atoms. The number of halogens is 3. The monoisotopic (exact) mass is 401 g/mol. The van der Waals surface area contributed by atoms with Gasteiger partial charge in [0.05, 0.1) is 20.3 Å². The van der Waals surface area contributed by atoms with Gasteiger partial charge in [0.1, 0.15) is 5.82 Å². The average molecular weight is 402 g/mol. The number of hydrogen-bond acceptors (Lipinski definition) is 2. The number of benzene rings is 2. The largest absolute Gasteiger partial charge is 0.369 e. The molecular weight excluding hydrogens is 392 g/mol. The number of aryl methyl sites for hydroxylation is 1. The second kappa shape index (κ2) is 4.89. The van der Waals surface area contributed by atoms with Crippen molar-refractivity contribution in [2.24, 2.45) is 0 Å². The van der Waals surface area contributed by atoms with E-state index in [4.69, 9.17) is 17.3 Å². The number of aromatic nitrogens is 2. The molecule has 0 unspecified atom stereocenters. The lowest BCUT2D eigenvalue weighted by atomic mass is 10.2. The number of imidazole rings is 1. The summed E-state index contributed by atoms with van der Waals surface area (Å²) in [5, 5.41) is 0.634. The number of anilines is 1. The second-order valence-electron chi connectivity index (χ2n) is 4.49. The van der Waals surface area contributed by atoms with Crippen molar-refractivity contribution in [2.75, 3.05) is 5.73 Å². The third-order valence-electron chi connectivity index (χ3n) is 3.14. The van der Waals surface area contributed by atoms with Crippen LogP contribution >= 0.6 is 34.2 Å². The van der Waals surface area contributed by atoms with Crippen molar-refractivity contribution in [1.29, 1.82) is 0 Å². The number of fused-ring (bicyclic) bond motifs is 1. The predicted octanol–water partition coefficient (Wildman–Crippen LogP) is 4.31. The van der Waals surface area contributed by atoms with E-state index in [1.165, 1.54) is 6.07 Å². The van der Waals surface area contributed by atoms with E-state index in [-0.39, 0.29) is 5.82 Å². The Hall–Kier alpha value is -1.34. The number of nitrogens with two attached hydrogens (primary N) is 1. The molecule has 0 bridgehead atoms. The summed E-state index contributed by atoms with van der Waals surface area (Å²) in [4.78, 5) is 4.27. The Kier molecular flexibility index (Phi) is 3.33. The van der Waals surface area contributed by atoms with Gasteiger partial charge in [-0.3, -0.25) is 4.57 Å². The summed E-state index contributed by atoms with van der Waals surface area (Å²) >= 11 is 8.07. The van der Waals surface area contributed by atoms with E-state index >= 15 is 0 Å². The summed E-state index contributed by atoms with van der Waals surface area (Å²) in [5.74, 6) is 0.0128. The molecule has 0 amide bonds. The Bertz CT molecular complexity index is 829. The van der Waals surface area contributed by atoms with Crippen LogP contribution in [0.25, 0.3) is 16.7 Å². The normalized spacial score (nSPS) is 11.2. The molecule has 3 rings (SSSR count). The molecule has 0 aliphatic rings. The molecule has 1 aromatic heterocycles. The Labute approximate surface area is 133 Å². The SMILES string of the molecule is Cc1ccc(-n2c(N)nc3cc(I)c(F)cc32)cc1Cl. The number of rotatable bonds is 1. The summed E-state index contributed by atoms with van der Waals surface area (Å²) in [6, 6.07) is 8.69. The second-order valence-corrected chi connectivity index (χ2v) is 6.06. The average Bonchev–Trinajstić information content (AvgIpc) is 2.69. The van der Waals surface area contributed by atoms with Crippen LogP contribution in [0.4, 0.5) is 10.3 Å². The van der Waals surface area contributed by atoms with Crippen LogP contribution < -0.4 is 5.73 Å². The Balaban J connectivity index is 2.32. The summed E-state index contributed by atoms with van der Waals surface area (Å²) in [7, 11) is 0. The number of nitrogen functional groups attached to an aromatic ring is 1. The molecule has 0 saturated carbocycles. The quantitative estimate of drug-likeness (QED) is 0.618. The van der Waals surface area contributed by atoms with E-state index in [9.17, 15) is 4.39 Å². The molecule has 1 heterocycles. The van der Waals surface area contributed by atoms with E-state index < -0.39 is 0 Å². The van der Waals surface area contributed by atoms with Crippen LogP contribution in [0.3, 0.4) is 0 Å². The minimum Gasteiger partial charge on any atom is -0.369 e. The van der Waals surface area contributed by atoms with Crippen molar-refractivity contribution < 1.29 is 4.39 Å². The first-order valence-electron chi connectivity index (χ1n) is 5.87. The van der Waals surface area contributed by atoms with Crippen LogP contribution in [0.2, 0.25) is 5.02 Å². The molecule has 6 heteroatoms. The molecule has 0 radical (unpaired) electrons. The highest BCUT2D eigenvalue weighted by molar-refractivity contribution is 14.1. The number of nitrogens with zero attached hydrogens (tertiary/aromatic N) is 2. The van der Waals surface area contributed by atoms with Gasteiger partial charge in [0.25, 0.3) is 0 Å². The Morgan fingerprint density at radius 1 is 1.30 bits per heavy atom. The van der Waals surface area contributed by atoms with Crippen molar-refractivity contribution >= 4 is 51.2 Å². The van der Waals surface area contributed by atoms with Crippen LogP contribution in [0, 0.1) is 16.3 Å². The van der Waals surface area contributed by atoms with Crippen molar-refractivity contribution in [3.63, 3.8) is 0 Å². The van der Waals surface area contributed by atoms with Gasteiger partial charge in [-0.15, -0.1) is 0 Å². The van der Waals surface area contributed by atoms with Gasteiger partial charge in [-0.1, -0.05) is 17.7 Å². The highest BCUT2D eigenvalue weighted by atomic mass is 127. The van der Waals surface area contributed by atoms with Crippen LogP contribution in [0.15, 0.2) is 30.3 Å². The van der Waals surface area contributed by atoms with Crippen molar-refractivity contribution in [3.8, 4) is 5.69 Å². The highest BCUT2D eigenvalue weighted by Crippen LogP contribution is 2.28. The van der Waals surface area contributed by atoms with Crippen LogP contribution in [0.5, 0.6) is 0 Å². The van der Waals surface area contributed by atoms with Gasteiger partial charge in [0, 0.05) is 11.1 Å². The zero-order valence-corrected chi connectivity index (χ0v) is 13.4. The van der Waals surface area contributed by atoms with Crippen LogP contribution in [-0.2, 0) is 0 Å². The number of hydrogen-bond donors (Lipinski definition) is 1. The zero-order valence-electron chi connectivity index (χ0n) is 10.5. The molecule has 0 aliphatic carbocycles. The summed E-state index contributed by atoms with van der Waals surface area (Å²) in [6.07, 6.45) is 0. The first kappa shape index (κ1) is 13.6. The minimum absolute atomic E-state index is 0.294. The van der Waals surface area contributed by atoms with E-state index in [1.54, 1.807) is 16.7 Å². The fourth-order valence-electron chi connectivity index (χ4n) is 2.08. The molecule has 2 N–H and O–H groups in total. The van der Waals surface area contributed by atoms with E-state index in [2.05, 4.69) is 4.98 Å². The lowest BCUT2D eigenvalue weighted by molar-refractivity contribution is 0.622. The highest BCUT2D eigenvalue weighted by Gasteiger charge is 2.13. The van der Waals surface area contributed by atoms with E-state index in [0.29, 0.717) is 25.6 Å². The molecule has 2 aromatic carbocycles. The Morgan fingerprint density at radius 2 is 2.05 bits per heavy atom. The molecule has 20 heavy (non-hydrogen) atoms. The first-order valence-corrected chi connectivity index (χ1v) is 7.32. The third kappa shape index (κ3) is 2.14. The van der Waals surface area contributed by atoms with Crippen molar-refractivity contribution in [3.05, 3.63) is 50.3 Å². The lowest BCUT2D eigenvalue weighted by Crippen LogP contribution is -2.01. The lowest BCUT2D eigenvalue weighted by Gasteiger charge is -2.08. The molecule has 0 aliphatic heterocycles. The predicted molar refractivity (Wildman–Crippen MR) is 87.9 cm³/mol. The van der Waals surface area contributed by atoms with Crippen LogP contribution in [0.1, 0.15) is 5.56 Å². The molecular formula is C14H10ClFIN3. The molecule has 3 nitrogen and oxygen atoms in total. The fraction of sp³-hybridized carbons (Fsp3) is 0.0714. The topological polar surface area (TPSA) is 43.8 Å². The minimum atomic E-state index is -0.294. The van der Waals surface area contributed by atoms with Crippen LogP contribution in [-0.4, -0.2) is 9.55 Å². The molecule has 0 atom stereocenters. The maximum atomic E-state index is 13.8. The maximum Gasteiger partial charge on any atom is 0.205 e. The smallest absolute Gasteiger partial charge is 0.205 e. The standard InChI is InChI=1S/C14H10ClFIN3/c1-7-2-3-8(4-9(7)15)20-13-5-10(16)11(17)6-12(13)19-14(20)18/h2-6H,1H3,(H2,18,19). The van der Waals surface area contributed by atoms with Gasteiger partial charge in [0.2, 0.25) is 5.95 Å². The van der Waals surface area contributed by atoms with E-state index in [0.717, 1.165) is 11.3 Å². The zero-order chi connectivity index (χ0) is 14.4. The van der Waals surface area contributed by atoms with Gasteiger partial charge < -0.3 is 5.73 Å². The summed E-state index contributed by atoms with van der Waals surface area (Å²) < 4.78 is 16.0. The van der Waals surface area contributed by atoms with Gasteiger partial charge in [-0.05, 0) is 53.3 Å². The Morgan fingerprint density at radius 3 is 2.75 bits per heavy atom. The summed E-state index contributed by atoms with van der Waals surface area (Å²) in [6.45, 7) is 1.92. The maximum absolute atomic E-state index is 13.8. The summed E-state index contributed by atoms with van der Waals surface area (Å²) in [5.41, 5.74) is 8.98. The van der Waals surface area contributed by atoms with Gasteiger partial charge >= 0.3 is 0 Å². The van der Waals surface area contributed by atoms with Crippen molar-refractivity contribution in [1.82, 2.24) is 9.55 Å². The van der Waals surface area contributed by atoms with Crippen molar-refractivity contribution in [2.45, 2.75) is 6.92 Å². The molecule has 0 fully saturated rings. The van der Waals surface area contributed by atoms with Gasteiger partial charge in [0.15, 0.2) is 0 Å². The van der Waals surface area contributed by atoms with Gasteiger partial charge in [-0.25, -0.2) is 9.37 Å². The van der Waals surface area contributed by atoms with Gasteiger partial charge in [-0.2, -0.15) is 0 Å². The molecule has 3 aromatic rings.